The van der Waals surface area contributed by atoms with Crippen molar-refractivity contribution >= 4 is 5.95 Å². The molecule has 1 aliphatic rings. The third-order valence-electron chi connectivity index (χ3n) is 4.62. The Kier molecular flexibility index (Phi) is 4.47. The van der Waals surface area contributed by atoms with E-state index < -0.39 is 17.9 Å². The molecular formula is C19H14F3N5O. The predicted molar refractivity (Wildman–Crippen MR) is 93.8 cm³/mol. The first-order valence-electron chi connectivity index (χ1n) is 8.45. The summed E-state index contributed by atoms with van der Waals surface area (Å²) >= 11 is 0. The zero-order valence-corrected chi connectivity index (χ0v) is 14.5. The smallest absolute Gasteiger partial charge is 0.314 e. The van der Waals surface area contributed by atoms with Gasteiger partial charge in [-0.2, -0.15) is 8.78 Å². The van der Waals surface area contributed by atoms with Gasteiger partial charge in [-0.3, -0.25) is 0 Å². The molecule has 1 saturated carbocycles. The molecule has 3 aromatic rings. The van der Waals surface area contributed by atoms with Crippen LogP contribution in [0, 0.1) is 18.2 Å². The van der Waals surface area contributed by atoms with Gasteiger partial charge in [0.25, 0.3) is 11.8 Å². The zero-order chi connectivity index (χ0) is 19.7. The maximum atomic E-state index is 14.4. The number of benzene rings is 1. The summed E-state index contributed by atoms with van der Waals surface area (Å²) in [4.78, 5) is 10.3. The molecule has 2 aromatic heterocycles. The molecule has 6 nitrogen and oxygen atoms in total. The van der Waals surface area contributed by atoms with Crippen molar-refractivity contribution < 1.29 is 17.6 Å². The van der Waals surface area contributed by atoms with Gasteiger partial charge in [0.05, 0.1) is 17.6 Å². The summed E-state index contributed by atoms with van der Waals surface area (Å²) in [5.74, 6) is 1.67. The molecule has 0 aliphatic heterocycles. The molecule has 0 N–H and O–H groups in total. The topological polar surface area (TPSA) is 67.9 Å². The monoisotopic (exact) mass is 385 g/mol. The Balaban J connectivity index is 1.66. The van der Waals surface area contributed by atoms with Gasteiger partial charge in [0.15, 0.2) is 0 Å². The number of nitrogens with zero attached hydrogens (tertiary/aromatic N) is 5. The number of hydrogen-bond acceptors (Lipinski definition) is 6. The van der Waals surface area contributed by atoms with Crippen LogP contribution in [0.4, 0.5) is 19.1 Å². The van der Waals surface area contributed by atoms with E-state index >= 15 is 0 Å². The third kappa shape index (κ3) is 3.07. The van der Waals surface area contributed by atoms with Gasteiger partial charge in [-0.05, 0) is 18.9 Å². The molecular weight excluding hydrogens is 371 g/mol. The molecule has 0 bridgehead atoms. The second-order valence-electron chi connectivity index (χ2n) is 6.32. The van der Waals surface area contributed by atoms with Crippen molar-refractivity contribution in [2.24, 2.45) is 0 Å². The fraction of sp³-hybridized carbons (Fsp3) is 0.263. The highest BCUT2D eigenvalue weighted by Gasteiger charge is 2.51. The largest absolute Gasteiger partial charge is 0.415 e. The predicted octanol–water partition coefficient (Wildman–Crippen LogP) is 3.73. The molecule has 0 radical (unpaired) electrons. The van der Waals surface area contributed by atoms with Crippen LogP contribution in [0.1, 0.15) is 30.7 Å². The molecule has 4 rings (SSSR count). The maximum Gasteiger partial charge on any atom is 0.314 e. The van der Waals surface area contributed by atoms with E-state index in [1.807, 2.05) is 0 Å². The van der Waals surface area contributed by atoms with Gasteiger partial charge in [-0.1, -0.05) is 24.1 Å². The van der Waals surface area contributed by atoms with Crippen molar-refractivity contribution in [1.29, 1.82) is 0 Å². The summed E-state index contributed by atoms with van der Waals surface area (Å²) in [5.41, 5.74) is 0.225. The van der Waals surface area contributed by atoms with Gasteiger partial charge in [0, 0.05) is 18.0 Å². The number of anilines is 1. The van der Waals surface area contributed by atoms with E-state index in [0.29, 0.717) is 29.9 Å². The molecule has 142 valence electrons. The Labute approximate surface area is 158 Å². The molecule has 1 aromatic carbocycles. The van der Waals surface area contributed by atoms with Gasteiger partial charge in [-0.15, -0.1) is 16.6 Å². The van der Waals surface area contributed by atoms with Crippen molar-refractivity contribution in [2.75, 3.05) is 11.4 Å². The van der Waals surface area contributed by atoms with Crippen LogP contribution in [0.15, 0.2) is 41.1 Å². The van der Waals surface area contributed by atoms with Crippen LogP contribution in [0.2, 0.25) is 0 Å². The number of hydrogen-bond donors (Lipinski definition) is 0. The first kappa shape index (κ1) is 18.0. The highest BCUT2D eigenvalue weighted by atomic mass is 19.3. The van der Waals surface area contributed by atoms with Crippen molar-refractivity contribution in [2.45, 2.75) is 24.8 Å². The lowest BCUT2D eigenvalue weighted by atomic mass is 10.0. The average molecular weight is 385 g/mol. The van der Waals surface area contributed by atoms with Crippen molar-refractivity contribution in [3.63, 3.8) is 0 Å². The minimum absolute atomic E-state index is 0.111. The van der Waals surface area contributed by atoms with Crippen molar-refractivity contribution in [1.82, 2.24) is 20.2 Å². The number of alkyl halides is 2. The lowest BCUT2D eigenvalue weighted by Crippen LogP contribution is -2.37. The molecule has 0 spiro atoms. The van der Waals surface area contributed by atoms with Crippen LogP contribution in [0.25, 0.3) is 11.5 Å². The molecule has 9 heteroatoms. The summed E-state index contributed by atoms with van der Waals surface area (Å²) in [7, 11) is 0. The molecule has 1 aliphatic carbocycles. The fourth-order valence-corrected chi connectivity index (χ4v) is 3.16. The standard InChI is InChI=1S/C19H14F3N5O/c1-2-9-27(19(7-8-19)13-5-3-4-6-14(13)20)18-23-10-12(11-24-18)16-25-26-17(28-16)15(21)22/h1,3-6,10-11,15H,7-9H2. The SMILES string of the molecule is C#CCN(c1ncc(-c2nnc(C(F)F)o2)cn1)C1(c2ccccc2F)CC1. The Hall–Kier alpha value is -3.41. The first-order chi connectivity index (χ1) is 13.5. The zero-order valence-electron chi connectivity index (χ0n) is 14.5. The van der Waals surface area contributed by atoms with Crippen molar-refractivity contribution in [3.8, 4) is 23.8 Å². The lowest BCUT2D eigenvalue weighted by Gasteiger charge is -2.31. The minimum Gasteiger partial charge on any atom is -0.415 e. The van der Waals surface area contributed by atoms with E-state index in [0.717, 1.165) is 0 Å². The van der Waals surface area contributed by atoms with Crippen molar-refractivity contribution in [3.05, 3.63) is 53.9 Å². The molecule has 2 heterocycles. The first-order valence-corrected chi connectivity index (χ1v) is 8.45. The Bertz CT molecular complexity index is 1020. The molecule has 28 heavy (non-hydrogen) atoms. The normalized spacial score (nSPS) is 14.7. The van der Waals surface area contributed by atoms with Crippen LogP contribution in [0.5, 0.6) is 0 Å². The minimum atomic E-state index is -2.86. The molecule has 1 fully saturated rings. The molecule has 0 unspecified atom stereocenters. The average Bonchev–Trinajstić information content (AvgIpc) is 3.33. The van der Waals surface area contributed by atoms with Crippen LogP contribution < -0.4 is 4.90 Å². The second-order valence-corrected chi connectivity index (χ2v) is 6.32. The van der Waals surface area contributed by atoms with E-state index in [2.05, 4.69) is 26.1 Å². The fourth-order valence-electron chi connectivity index (χ4n) is 3.16. The molecule has 0 saturated heterocycles. The van der Waals surface area contributed by atoms with Gasteiger partial charge in [0.1, 0.15) is 5.82 Å². The van der Waals surface area contributed by atoms with Crippen LogP contribution >= 0.6 is 0 Å². The van der Waals surface area contributed by atoms with Gasteiger partial charge >= 0.3 is 6.43 Å². The highest BCUT2D eigenvalue weighted by Crippen LogP contribution is 2.52. The number of aromatic nitrogens is 4. The Morgan fingerprint density at radius 2 is 1.89 bits per heavy atom. The van der Waals surface area contributed by atoms with E-state index in [1.165, 1.54) is 18.5 Å². The summed E-state index contributed by atoms with van der Waals surface area (Å²) in [6.45, 7) is 0.184. The number of rotatable bonds is 6. The van der Waals surface area contributed by atoms with E-state index in [4.69, 9.17) is 10.8 Å². The van der Waals surface area contributed by atoms with Gasteiger partial charge in [0.2, 0.25) is 5.95 Å². The number of halogens is 3. The lowest BCUT2D eigenvalue weighted by molar-refractivity contribution is 0.116. The van der Waals surface area contributed by atoms with Crippen LogP contribution in [-0.4, -0.2) is 26.7 Å². The summed E-state index contributed by atoms with van der Waals surface area (Å²) in [6, 6.07) is 6.53. The quantitative estimate of drug-likeness (QED) is 0.603. The summed E-state index contributed by atoms with van der Waals surface area (Å²) < 4.78 is 44.5. The van der Waals surface area contributed by atoms with E-state index in [-0.39, 0.29) is 18.3 Å². The van der Waals surface area contributed by atoms with E-state index in [9.17, 15) is 13.2 Å². The van der Waals surface area contributed by atoms with Crippen LogP contribution in [0.3, 0.4) is 0 Å². The van der Waals surface area contributed by atoms with E-state index in [1.54, 1.807) is 23.1 Å². The Morgan fingerprint density at radius 3 is 2.46 bits per heavy atom. The molecule has 0 atom stereocenters. The Morgan fingerprint density at radius 1 is 1.18 bits per heavy atom. The van der Waals surface area contributed by atoms with Crippen LogP contribution in [-0.2, 0) is 5.54 Å². The maximum absolute atomic E-state index is 14.4. The molecule has 0 amide bonds. The summed E-state index contributed by atoms with van der Waals surface area (Å²) in [6.07, 6.45) is 6.84. The third-order valence-corrected chi connectivity index (χ3v) is 4.62. The van der Waals surface area contributed by atoms with Gasteiger partial charge < -0.3 is 9.32 Å². The number of terminal acetylenes is 1. The van der Waals surface area contributed by atoms with Gasteiger partial charge in [-0.25, -0.2) is 14.4 Å². The highest BCUT2D eigenvalue weighted by molar-refractivity contribution is 5.53. The second kappa shape index (κ2) is 6.96. The summed E-state index contributed by atoms with van der Waals surface area (Å²) in [5, 5.41) is 6.84.